The molecule has 0 aliphatic rings. The zero-order valence-corrected chi connectivity index (χ0v) is 13.0. The number of Topliss-reactive ketones (excluding diaryl/α,β-unsaturated/α-hetero) is 1. The number of benzene rings is 1. The van der Waals surface area contributed by atoms with E-state index in [1.807, 2.05) is 24.3 Å². The second-order valence-corrected chi connectivity index (χ2v) is 5.49. The Morgan fingerprint density at radius 2 is 1.55 bits per heavy atom. The highest BCUT2D eigenvalue weighted by atomic mass is 16.5. The highest BCUT2D eigenvalue weighted by molar-refractivity contribution is 5.78. The van der Waals surface area contributed by atoms with Crippen LogP contribution in [0.25, 0.3) is 0 Å². The van der Waals surface area contributed by atoms with E-state index in [0.29, 0.717) is 6.42 Å². The quantitative estimate of drug-likeness (QED) is 0.535. The molecule has 0 fully saturated rings. The van der Waals surface area contributed by atoms with Crippen LogP contribution in [0.2, 0.25) is 0 Å². The number of ether oxygens (including phenoxy) is 1. The van der Waals surface area contributed by atoms with E-state index in [1.165, 1.54) is 38.5 Å². The van der Waals surface area contributed by atoms with Crippen molar-refractivity contribution in [1.29, 1.82) is 0 Å². The van der Waals surface area contributed by atoms with Crippen molar-refractivity contribution in [2.45, 2.75) is 65.2 Å². The fourth-order valence-electron chi connectivity index (χ4n) is 2.24. The second-order valence-electron chi connectivity index (χ2n) is 5.49. The van der Waals surface area contributed by atoms with Crippen molar-refractivity contribution in [1.82, 2.24) is 0 Å². The summed E-state index contributed by atoms with van der Waals surface area (Å²) < 4.78 is 5.71. The summed E-state index contributed by atoms with van der Waals surface area (Å²) in [6.07, 6.45) is 9.61. The minimum atomic E-state index is 0.196. The van der Waals surface area contributed by atoms with Gasteiger partial charge >= 0.3 is 0 Å². The van der Waals surface area contributed by atoms with Gasteiger partial charge in [-0.3, -0.25) is 4.79 Å². The summed E-state index contributed by atoms with van der Waals surface area (Å²) in [6, 6.07) is 7.86. The van der Waals surface area contributed by atoms with Gasteiger partial charge in [0.1, 0.15) is 11.5 Å². The summed E-state index contributed by atoms with van der Waals surface area (Å²) >= 11 is 0. The van der Waals surface area contributed by atoms with Crippen LogP contribution in [0.4, 0.5) is 0 Å². The average molecular weight is 276 g/mol. The predicted octanol–water partition coefficient (Wildman–Crippen LogP) is 4.95. The van der Waals surface area contributed by atoms with Gasteiger partial charge in [-0.1, -0.05) is 57.6 Å². The Morgan fingerprint density at radius 3 is 2.15 bits per heavy atom. The lowest BCUT2D eigenvalue weighted by Crippen LogP contribution is -1.99. The molecule has 20 heavy (non-hydrogen) atoms. The van der Waals surface area contributed by atoms with Gasteiger partial charge in [0.2, 0.25) is 0 Å². The van der Waals surface area contributed by atoms with E-state index < -0.39 is 0 Å². The summed E-state index contributed by atoms with van der Waals surface area (Å²) in [6.45, 7) is 4.65. The molecule has 0 heterocycles. The van der Waals surface area contributed by atoms with Crippen LogP contribution in [-0.2, 0) is 11.2 Å². The molecule has 0 N–H and O–H groups in total. The number of rotatable bonds is 11. The SMILES string of the molecule is CCCCCCCCCOc1ccc(CC(C)=O)cc1. The van der Waals surface area contributed by atoms with E-state index in [1.54, 1.807) is 6.92 Å². The highest BCUT2D eigenvalue weighted by Gasteiger charge is 1.99. The van der Waals surface area contributed by atoms with E-state index in [0.717, 1.165) is 24.3 Å². The molecule has 0 saturated carbocycles. The molecule has 0 radical (unpaired) electrons. The molecule has 0 aliphatic carbocycles. The first-order valence-corrected chi connectivity index (χ1v) is 7.93. The molecule has 1 rings (SSSR count). The van der Waals surface area contributed by atoms with Crippen LogP contribution in [0.1, 0.15) is 64.4 Å². The van der Waals surface area contributed by atoms with Gasteiger partial charge in [-0.2, -0.15) is 0 Å². The molecule has 2 heteroatoms. The Labute approximate surface area is 123 Å². The van der Waals surface area contributed by atoms with Crippen molar-refractivity contribution in [3.63, 3.8) is 0 Å². The maximum Gasteiger partial charge on any atom is 0.134 e. The zero-order valence-electron chi connectivity index (χ0n) is 13.0. The minimum absolute atomic E-state index is 0.196. The van der Waals surface area contributed by atoms with Crippen molar-refractivity contribution >= 4 is 5.78 Å². The zero-order chi connectivity index (χ0) is 14.6. The number of unbranched alkanes of at least 4 members (excludes halogenated alkanes) is 6. The maximum atomic E-state index is 11.0. The summed E-state index contributed by atoms with van der Waals surface area (Å²) in [5.74, 6) is 1.10. The predicted molar refractivity (Wildman–Crippen MR) is 84.3 cm³/mol. The van der Waals surface area contributed by atoms with Crippen molar-refractivity contribution in [3.8, 4) is 5.75 Å². The van der Waals surface area contributed by atoms with Crippen LogP contribution < -0.4 is 4.74 Å². The standard InChI is InChI=1S/C18H28O2/c1-3-4-5-6-7-8-9-14-20-18-12-10-17(11-13-18)15-16(2)19/h10-13H,3-9,14-15H2,1-2H3. The molecule has 0 aliphatic heterocycles. The average Bonchev–Trinajstić information content (AvgIpc) is 2.43. The molecular weight excluding hydrogens is 248 g/mol. The third-order valence-corrected chi connectivity index (χ3v) is 3.39. The molecule has 0 bridgehead atoms. The Balaban J connectivity index is 2.08. The molecule has 0 amide bonds. The smallest absolute Gasteiger partial charge is 0.134 e. The van der Waals surface area contributed by atoms with Gasteiger partial charge in [0, 0.05) is 6.42 Å². The maximum absolute atomic E-state index is 11.0. The molecule has 0 saturated heterocycles. The van der Waals surface area contributed by atoms with Gasteiger partial charge in [0.05, 0.1) is 6.61 Å². The lowest BCUT2D eigenvalue weighted by molar-refractivity contribution is -0.116. The summed E-state index contributed by atoms with van der Waals surface area (Å²) in [7, 11) is 0. The van der Waals surface area contributed by atoms with E-state index in [2.05, 4.69) is 6.92 Å². The molecule has 0 aromatic heterocycles. The summed E-state index contributed by atoms with van der Waals surface area (Å²) in [4.78, 5) is 11.0. The van der Waals surface area contributed by atoms with Crippen LogP contribution in [-0.4, -0.2) is 12.4 Å². The van der Waals surface area contributed by atoms with Gasteiger partial charge in [-0.05, 0) is 31.0 Å². The summed E-state index contributed by atoms with van der Waals surface area (Å²) in [5.41, 5.74) is 1.06. The molecule has 0 unspecified atom stereocenters. The van der Waals surface area contributed by atoms with Crippen molar-refractivity contribution < 1.29 is 9.53 Å². The van der Waals surface area contributed by atoms with E-state index >= 15 is 0 Å². The van der Waals surface area contributed by atoms with Gasteiger partial charge in [0.25, 0.3) is 0 Å². The van der Waals surface area contributed by atoms with Gasteiger partial charge in [-0.15, -0.1) is 0 Å². The first kappa shape index (κ1) is 16.7. The number of ketones is 1. The van der Waals surface area contributed by atoms with Crippen LogP contribution in [0.15, 0.2) is 24.3 Å². The Hall–Kier alpha value is -1.31. The molecule has 1 aromatic rings. The Morgan fingerprint density at radius 1 is 0.950 bits per heavy atom. The number of hydrogen-bond acceptors (Lipinski definition) is 2. The van der Waals surface area contributed by atoms with Crippen molar-refractivity contribution in [3.05, 3.63) is 29.8 Å². The Bertz CT molecular complexity index is 368. The molecule has 112 valence electrons. The lowest BCUT2D eigenvalue weighted by atomic mass is 10.1. The van der Waals surface area contributed by atoms with Crippen LogP contribution >= 0.6 is 0 Å². The van der Waals surface area contributed by atoms with Crippen LogP contribution in [0.5, 0.6) is 5.75 Å². The van der Waals surface area contributed by atoms with Gasteiger partial charge < -0.3 is 4.74 Å². The van der Waals surface area contributed by atoms with E-state index in [9.17, 15) is 4.79 Å². The largest absolute Gasteiger partial charge is 0.494 e. The van der Waals surface area contributed by atoms with Crippen LogP contribution in [0, 0.1) is 0 Å². The topological polar surface area (TPSA) is 26.3 Å². The monoisotopic (exact) mass is 276 g/mol. The van der Waals surface area contributed by atoms with E-state index in [-0.39, 0.29) is 5.78 Å². The summed E-state index contributed by atoms with van der Waals surface area (Å²) in [5, 5.41) is 0. The fourth-order valence-corrected chi connectivity index (χ4v) is 2.24. The fraction of sp³-hybridized carbons (Fsp3) is 0.611. The van der Waals surface area contributed by atoms with Crippen molar-refractivity contribution in [2.24, 2.45) is 0 Å². The first-order valence-electron chi connectivity index (χ1n) is 7.93. The number of carbonyl (C=O) groups excluding carboxylic acids is 1. The number of carbonyl (C=O) groups is 1. The second kappa shape index (κ2) is 10.5. The van der Waals surface area contributed by atoms with Gasteiger partial charge in [-0.25, -0.2) is 0 Å². The van der Waals surface area contributed by atoms with Crippen molar-refractivity contribution in [2.75, 3.05) is 6.61 Å². The van der Waals surface area contributed by atoms with E-state index in [4.69, 9.17) is 4.74 Å². The highest BCUT2D eigenvalue weighted by Crippen LogP contribution is 2.14. The molecule has 0 atom stereocenters. The van der Waals surface area contributed by atoms with Crippen LogP contribution in [0.3, 0.4) is 0 Å². The molecule has 1 aromatic carbocycles. The molecule has 0 spiro atoms. The normalized spacial score (nSPS) is 10.5. The molecule has 2 nitrogen and oxygen atoms in total. The third kappa shape index (κ3) is 7.98. The first-order chi connectivity index (χ1) is 9.72. The Kier molecular flexibility index (Phi) is 8.77. The molecular formula is C18H28O2. The third-order valence-electron chi connectivity index (χ3n) is 3.39. The minimum Gasteiger partial charge on any atom is -0.494 e. The lowest BCUT2D eigenvalue weighted by Gasteiger charge is -2.07. The number of hydrogen-bond donors (Lipinski definition) is 0. The van der Waals surface area contributed by atoms with Gasteiger partial charge in [0.15, 0.2) is 0 Å².